The molecule has 1 saturated heterocycles. The van der Waals surface area contributed by atoms with Gasteiger partial charge in [0, 0.05) is 12.7 Å². The Kier molecular flexibility index (Phi) is 3.71. The molecule has 1 aliphatic heterocycles. The second-order valence-corrected chi connectivity index (χ2v) is 4.04. The number of carbonyl (C=O) groups is 1. The van der Waals surface area contributed by atoms with Crippen molar-refractivity contribution < 1.29 is 9.53 Å². The fourth-order valence-corrected chi connectivity index (χ4v) is 2.03. The van der Waals surface area contributed by atoms with Crippen LogP contribution < -0.4 is 10.2 Å². The number of aromatic nitrogens is 1. The summed E-state index contributed by atoms with van der Waals surface area (Å²) < 4.78 is 5.58. The van der Waals surface area contributed by atoms with Gasteiger partial charge in [-0.2, -0.15) is 0 Å². The number of hydrogen-bond donors (Lipinski definition) is 1. The number of anilines is 1. The fourth-order valence-electron chi connectivity index (χ4n) is 2.03. The molecule has 92 valence electrons. The number of ether oxygens (including phenoxy) is 1. The molecular weight excluding hydrogens is 218 g/mol. The lowest BCUT2D eigenvalue weighted by atomic mass is 10.1. The summed E-state index contributed by atoms with van der Waals surface area (Å²) in [5.41, 5.74) is 0.815. The number of likely N-dealkylation sites (N-methyl/N-ethyl adjacent to an activating group) is 1. The van der Waals surface area contributed by atoms with E-state index in [0.717, 1.165) is 5.69 Å². The van der Waals surface area contributed by atoms with Crippen molar-refractivity contribution >= 4 is 11.6 Å². The number of nitrogens with one attached hydrogen (secondary N) is 1. The van der Waals surface area contributed by atoms with Gasteiger partial charge in [0.2, 0.25) is 5.91 Å². The van der Waals surface area contributed by atoms with E-state index in [1.54, 1.807) is 24.3 Å². The van der Waals surface area contributed by atoms with E-state index in [0.29, 0.717) is 13.2 Å². The molecule has 1 aromatic heterocycles. The Morgan fingerprint density at radius 1 is 1.59 bits per heavy atom. The van der Waals surface area contributed by atoms with Gasteiger partial charge in [-0.1, -0.05) is 0 Å². The third kappa shape index (κ3) is 2.45. The highest BCUT2D eigenvalue weighted by atomic mass is 16.5. The maximum absolute atomic E-state index is 12.3. The number of rotatable bonds is 2. The predicted octanol–water partition coefficient (Wildman–Crippen LogP) is 0.421. The van der Waals surface area contributed by atoms with Crippen molar-refractivity contribution in [2.45, 2.75) is 19.1 Å². The molecule has 0 radical (unpaired) electrons. The highest BCUT2D eigenvalue weighted by Crippen LogP contribution is 2.17. The van der Waals surface area contributed by atoms with Crippen molar-refractivity contribution in [2.75, 3.05) is 25.1 Å². The monoisotopic (exact) mass is 235 g/mol. The van der Waals surface area contributed by atoms with Crippen LogP contribution in [0, 0.1) is 0 Å². The van der Waals surface area contributed by atoms with Crippen LogP contribution in [-0.4, -0.2) is 43.2 Å². The molecule has 2 rings (SSSR count). The van der Waals surface area contributed by atoms with Crippen molar-refractivity contribution in [3.63, 3.8) is 0 Å². The van der Waals surface area contributed by atoms with Gasteiger partial charge in [-0.25, -0.2) is 0 Å². The van der Waals surface area contributed by atoms with Crippen molar-refractivity contribution in [1.82, 2.24) is 10.3 Å². The van der Waals surface area contributed by atoms with Crippen molar-refractivity contribution in [1.29, 1.82) is 0 Å². The molecule has 0 aromatic carbocycles. The molecule has 1 N–H and O–H groups in total. The number of nitrogens with zero attached hydrogens (tertiary/aromatic N) is 2. The quantitative estimate of drug-likeness (QED) is 0.807. The Labute approximate surface area is 101 Å². The minimum absolute atomic E-state index is 0.0329. The minimum Gasteiger partial charge on any atom is -0.374 e. The molecule has 1 aliphatic rings. The van der Waals surface area contributed by atoms with E-state index < -0.39 is 0 Å². The molecule has 2 atom stereocenters. The standard InChI is InChI=1S/C12H17N3O2/c1-9-11(13-2)12(16)15(6-7-17-9)10-4-3-5-14-8-10/h3-5,8-9,11,13H,6-7H2,1-2H3. The van der Waals surface area contributed by atoms with Gasteiger partial charge in [0.25, 0.3) is 0 Å². The molecule has 5 nitrogen and oxygen atoms in total. The zero-order chi connectivity index (χ0) is 12.3. The molecule has 17 heavy (non-hydrogen) atoms. The molecule has 0 saturated carbocycles. The van der Waals surface area contributed by atoms with Gasteiger partial charge in [-0.05, 0) is 26.1 Å². The lowest BCUT2D eigenvalue weighted by Gasteiger charge is -2.24. The summed E-state index contributed by atoms with van der Waals surface area (Å²) in [6.07, 6.45) is 3.27. The van der Waals surface area contributed by atoms with E-state index in [-0.39, 0.29) is 18.1 Å². The maximum Gasteiger partial charge on any atom is 0.246 e. The average molecular weight is 235 g/mol. The van der Waals surface area contributed by atoms with Crippen molar-refractivity contribution in [3.05, 3.63) is 24.5 Å². The van der Waals surface area contributed by atoms with Gasteiger partial charge >= 0.3 is 0 Å². The van der Waals surface area contributed by atoms with E-state index in [1.807, 2.05) is 19.1 Å². The van der Waals surface area contributed by atoms with Gasteiger partial charge < -0.3 is 15.0 Å². The molecule has 1 fully saturated rings. The fraction of sp³-hybridized carbons (Fsp3) is 0.500. The Hall–Kier alpha value is -1.46. The van der Waals surface area contributed by atoms with Crippen molar-refractivity contribution in [3.8, 4) is 0 Å². The zero-order valence-electron chi connectivity index (χ0n) is 10.1. The van der Waals surface area contributed by atoms with Crippen molar-refractivity contribution in [2.24, 2.45) is 0 Å². The van der Waals surface area contributed by atoms with Crippen LogP contribution in [0.3, 0.4) is 0 Å². The van der Waals surface area contributed by atoms with Crippen LogP contribution in [0.2, 0.25) is 0 Å². The Morgan fingerprint density at radius 3 is 3.06 bits per heavy atom. The van der Waals surface area contributed by atoms with E-state index in [4.69, 9.17) is 4.74 Å². The third-order valence-electron chi connectivity index (χ3n) is 2.97. The van der Waals surface area contributed by atoms with Crippen LogP contribution in [0.4, 0.5) is 5.69 Å². The van der Waals surface area contributed by atoms with E-state index in [1.165, 1.54) is 0 Å². The smallest absolute Gasteiger partial charge is 0.246 e. The Bertz CT molecular complexity index is 383. The molecule has 0 spiro atoms. The summed E-state index contributed by atoms with van der Waals surface area (Å²) in [6, 6.07) is 3.40. The lowest BCUT2D eigenvalue weighted by molar-refractivity contribution is -0.122. The highest BCUT2D eigenvalue weighted by Gasteiger charge is 2.32. The zero-order valence-corrected chi connectivity index (χ0v) is 10.1. The normalized spacial score (nSPS) is 25.8. The van der Waals surface area contributed by atoms with Gasteiger partial charge in [0.1, 0.15) is 6.04 Å². The highest BCUT2D eigenvalue weighted by molar-refractivity contribution is 5.97. The summed E-state index contributed by atoms with van der Waals surface area (Å²) in [4.78, 5) is 18.1. The largest absolute Gasteiger partial charge is 0.374 e. The van der Waals surface area contributed by atoms with E-state index in [9.17, 15) is 4.79 Å². The van der Waals surface area contributed by atoms with Crippen LogP contribution in [0.5, 0.6) is 0 Å². The van der Waals surface area contributed by atoms with Crippen LogP contribution in [0.1, 0.15) is 6.92 Å². The molecule has 1 amide bonds. The van der Waals surface area contributed by atoms with Gasteiger partial charge in [0.05, 0.1) is 24.6 Å². The van der Waals surface area contributed by atoms with Crippen LogP contribution in [0.15, 0.2) is 24.5 Å². The van der Waals surface area contributed by atoms with Crippen LogP contribution in [-0.2, 0) is 9.53 Å². The van der Waals surface area contributed by atoms with E-state index in [2.05, 4.69) is 10.3 Å². The van der Waals surface area contributed by atoms with Gasteiger partial charge in [-0.3, -0.25) is 9.78 Å². The first kappa shape index (κ1) is 12.0. The molecular formula is C12H17N3O2. The first-order valence-electron chi connectivity index (χ1n) is 5.74. The first-order valence-corrected chi connectivity index (χ1v) is 5.74. The number of pyridine rings is 1. The average Bonchev–Trinajstić information content (AvgIpc) is 2.49. The predicted molar refractivity (Wildman–Crippen MR) is 64.9 cm³/mol. The summed E-state index contributed by atoms with van der Waals surface area (Å²) in [5, 5.41) is 3.01. The SMILES string of the molecule is CNC1C(=O)N(c2cccnc2)CCOC1C. The molecule has 2 heterocycles. The molecule has 1 aromatic rings. The summed E-state index contributed by atoms with van der Waals surface area (Å²) in [7, 11) is 1.77. The maximum atomic E-state index is 12.3. The summed E-state index contributed by atoms with van der Waals surface area (Å²) >= 11 is 0. The van der Waals surface area contributed by atoms with Gasteiger partial charge in [0.15, 0.2) is 0 Å². The molecule has 5 heteroatoms. The number of amides is 1. The van der Waals surface area contributed by atoms with Gasteiger partial charge in [-0.15, -0.1) is 0 Å². The second-order valence-electron chi connectivity index (χ2n) is 4.04. The summed E-state index contributed by atoms with van der Waals surface area (Å²) in [6.45, 7) is 3.01. The second kappa shape index (κ2) is 5.25. The summed E-state index contributed by atoms with van der Waals surface area (Å²) in [5.74, 6) is 0.0329. The first-order chi connectivity index (χ1) is 8.24. The minimum atomic E-state index is -0.308. The molecule has 2 unspecified atom stereocenters. The lowest BCUT2D eigenvalue weighted by Crippen LogP contribution is -2.49. The Morgan fingerprint density at radius 2 is 2.41 bits per heavy atom. The van der Waals surface area contributed by atoms with Crippen LogP contribution in [0.25, 0.3) is 0 Å². The molecule has 0 bridgehead atoms. The van der Waals surface area contributed by atoms with E-state index >= 15 is 0 Å². The number of hydrogen-bond acceptors (Lipinski definition) is 4. The molecule has 0 aliphatic carbocycles. The number of carbonyl (C=O) groups excluding carboxylic acids is 1. The topological polar surface area (TPSA) is 54.5 Å². The third-order valence-corrected chi connectivity index (χ3v) is 2.97. The van der Waals surface area contributed by atoms with Crippen LogP contribution >= 0.6 is 0 Å². The Balaban J connectivity index is 2.25.